The zero-order valence-electron chi connectivity index (χ0n) is 15.7. The Morgan fingerprint density at radius 2 is 0.931 bits per heavy atom. The molecular formula is C23H21ClNO4-. The van der Waals surface area contributed by atoms with Gasteiger partial charge >= 0.3 is 11.9 Å². The minimum Gasteiger partial charge on any atom is -1.00 e. The van der Waals surface area contributed by atoms with Crippen LogP contribution in [0.2, 0.25) is 0 Å². The van der Waals surface area contributed by atoms with E-state index in [1.165, 1.54) is 5.56 Å². The molecule has 0 radical (unpaired) electrons. The molecule has 0 heterocycles. The topological polar surface area (TPSA) is 77.8 Å². The third-order valence-electron chi connectivity index (χ3n) is 4.46. The van der Waals surface area contributed by atoms with Crippen molar-refractivity contribution in [2.24, 2.45) is 0 Å². The van der Waals surface area contributed by atoms with Crippen molar-refractivity contribution in [3.05, 3.63) is 107 Å². The van der Waals surface area contributed by atoms with Crippen molar-refractivity contribution in [1.29, 1.82) is 0 Å². The lowest BCUT2D eigenvalue weighted by molar-refractivity contribution is -0.0000363. The first-order valence-corrected chi connectivity index (χ1v) is 8.92. The van der Waals surface area contributed by atoms with Gasteiger partial charge in [-0.3, -0.25) is 4.90 Å². The second-order valence-electron chi connectivity index (χ2n) is 6.63. The molecule has 150 valence electrons. The molecule has 0 aliphatic carbocycles. The zero-order chi connectivity index (χ0) is 19.9. The van der Waals surface area contributed by atoms with E-state index in [0.29, 0.717) is 13.1 Å². The lowest BCUT2D eigenvalue weighted by Gasteiger charge is -2.23. The maximum atomic E-state index is 11.0. The molecule has 0 bridgehead atoms. The van der Waals surface area contributed by atoms with Crippen molar-refractivity contribution in [3.63, 3.8) is 0 Å². The van der Waals surface area contributed by atoms with Crippen LogP contribution in [-0.2, 0) is 19.6 Å². The van der Waals surface area contributed by atoms with Crippen molar-refractivity contribution >= 4 is 11.9 Å². The lowest BCUT2D eigenvalue weighted by Crippen LogP contribution is -3.00. The minimum absolute atomic E-state index is 0. The molecule has 0 amide bonds. The summed E-state index contributed by atoms with van der Waals surface area (Å²) < 4.78 is 0. The number of halogens is 1. The van der Waals surface area contributed by atoms with Crippen LogP contribution in [-0.4, -0.2) is 27.1 Å². The Hall–Kier alpha value is -3.15. The average Bonchev–Trinajstić information content (AvgIpc) is 2.69. The molecule has 0 unspecified atom stereocenters. The molecule has 0 saturated carbocycles. The Labute approximate surface area is 175 Å². The highest BCUT2D eigenvalue weighted by molar-refractivity contribution is 5.87. The second-order valence-corrected chi connectivity index (χ2v) is 6.63. The number of benzene rings is 3. The average molecular weight is 411 g/mol. The SMILES string of the molecule is O=C(O)c1ccc(CN(Cc2ccccc2)Cc2ccc(C(=O)O)cc2)cc1.[Cl-]. The summed E-state index contributed by atoms with van der Waals surface area (Å²) in [5, 5.41) is 18.1. The number of rotatable bonds is 8. The fourth-order valence-electron chi connectivity index (χ4n) is 3.03. The molecule has 0 aliphatic rings. The summed E-state index contributed by atoms with van der Waals surface area (Å²) in [5.41, 5.74) is 3.74. The van der Waals surface area contributed by atoms with Crippen molar-refractivity contribution in [1.82, 2.24) is 4.90 Å². The predicted octanol–water partition coefficient (Wildman–Crippen LogP) is 1.29. The summed E-state index contributed by atoms with van der Waals surface area (Å²) in [6.45, 7) is 2.02. The normalized spacial score (nSPS) is 10.4. The number of carbonyl (C=O) groups is 2. The first-order chi connectivity index (χ1) is 13.5. The summed E-state index contributed by atoms with van der Waals surface area (Å²) in [4.78, 5) is 24.3. The van der Waals surface area contributed by atoms with Crippen molar-refractivity contribution < 1.29 is 32.2 Å². The van der Waals surface area contributed by atoms with E-state index in [-0.39, 0.29) is 23.5 Å². The zero-order valence-corrected chi connectivity index (χ0v) is 16.4. The molecule has 0 fully saturated rings. The van der Waals surface area contributed by atoms with Gasteiger partial charge in [0.25, 0.3) is 0 Å². The van der Waals surface area contributed by atoms with Crippen molar-refractivity contribution in [2.75, 3.05) is 0 Å². The molecule has 0 aromatic heterocycles. The van der Waals surface area contributed by atoms with Crippen LogP contribution < -0.4 is 12.4 Å². The Kier molecular flexibility index (Phi) is 7.95. The Balaban J connectivity index is 0.00000300. The highest BCUT2D eigenvalue weighted by Gasteiger charge is 2.10. The summed E-state index contributed by atoms with van der Waals surface area (Å²) >= 11 is 0. The third-order valence-corrected chi connectivity index (χ3v) is 4.46. The van der Waals surface area contributed by atoms with Crippen LogP contribution in [0.1, 0.15) is 37.4 Å². The standard InChI is InChI=1S/C23H21NO4.ClH/c25-22(26)20-10-6-18(7-11-20)15-24(14-17-4-2-1-3-5-17)16-19-8-12-21(13-9-19)23(27)28;/h1-13H,14-16H2,(H,25,26)(H,27,28);1H/p-1. The smallest absolute Gasteiger partial charge is 0.335 e. The molecular weight excluding hydrogens is 390 g/mol. The van der Waals surface area contributed by atoms with E-state index in [4.69, 9.17) is 10.2 Å². The monoisotopic (exact) mass is 410 g/mol. The third kappa shape index (κ3) is 6.45. The van der Waals surface area contributed by atoms with Gasteiger partial charge in [0.2, 0.25) is 0 Å². The van der Waals surface area contributed by atoms with Crippen LogP contribution in [0.4, 0.5) is 0 Å². The van der Waals surface area contributed by atoms with Gasteiger partial charge < -0.3 is 22.6 Å². The fraction of sp³-hybridized carbons (Fsp3) is 0.130. The lowest BCUT2D eigenvalue weighted by atomic mass is 10.1. The Bertz CT molecular complexity index is 881. The van der Waals surface area contributed by atoms with Crippen LogP contribution in [0, 0.1) is 0 Å². The van der Waals surface area contributed by atoms with Gasteiger partial charge in [0.15, 0.2) is 0 Å². The molecule has 0 atom stereocenters. The van der Waals surface area contributed by atoms with E-state index in [2.05, 4.69) is 17.0 Å². The van der Waals surface area contributed by atoms with E-state index in [1.54, 1.807) is 24.3 Å². The van der Waals surface area contributed by atoms with Gasteiger partial charge in [-0.25, -0.2) is 9.59 Å². The number of aromatic carboxylic acids is 2. The van der Waals surface area contributed by atoms with Crippen LogP contribution >= 0.6 is 0 Å². The van der Waals surface area contributed by atoms with E-state index in [9.17, 15) is 9.59 Å². The number of carboxylic acid groups (broad SMARTS) is 2. The van der Waals surface area contributed by atoms with Gasteiger partial charge in [-0.05, 0) is 41.0 Å². The van der Waals surface area contributed by atoms with Crippen LogP contribution in [0.3, 0.4) is 0 Å². The van der Waals surface area contributed by atoms with Gasteiger partial charge in [-0.15, -0.1) is 0 Å². The summed E-state index contributed by atoms with van der Waals surface area (Å²) in [6.07, 6.45) is 0. The van der Waals surface area contributed by atoms with Crippen LogP contribution in [0.25, 0.3) is 0 Å². The van der Waals surface area contributed by atoms with E-state index < -0.39 is 11.9 Å². The van der Waals surface area contributed by atoms with Crippen molar-refractivity contribution in [3.8, 4) is 0 Å². The second kappa shape index (κ2) is 10.4. The molecule has 0 aliphatic heterocycles. The molecule has 0 saturated heterocycles. The summed E-state index contributed by atoms with van der Waals surface area (Å²) in [7, 11) is 0. The van der Waals surface area contributed by atoms with E-state index >= 15 is 0 Å². The first-order valence-electron chi connectivity index (χ1n) is 8.92. The Morgan fingerprint density at radius 3 is 1.28 bits per heavy atom. The highest BCUT2D eigenvalue weighted by Crippen LogP contribution is 2.16. The predicted molar refractivity (Wildman–Crippen MR) is 106 cm³/mol. The molecule has 2 N–H and O–H groups in total. The molecule has 3 aromatic rings. The van der Waals surface area contributed by atoms with Gasteiger partial charge in [0.1, 0.15) is 0 Å². The number of hydrogen-bond acceptors (Lipinski definition) is 3. The van der Waals surface area contributed by atoms with Gasteiger partial charge in [-0.2, -0.15) is 0 Å². The largest absolute Gasteiger partial charge is 1.00 e. The first kappa shape index (κ1) is 22.1. The van der Waals surface area contributed by atoms with Gasteiger partial charge in [-0.1, -0.05) is 54.6 Å². The van der Waals surface area contributed by atoms with Gasteiger partial charge in [0.05, 0.1) is 11.1 Å². The molecule has 29 heavy (non-hydrogen) atoms. The summed E-state index contributed by atoms with van der Waals surface area (Å²) in [5.74, 6) is -1.88. The molecule has 6 heteroatoms. The van der Waals surface area contributed by atoms with Crippen molar-refractivity contribution in [2.45, 2.75) is 19.6 Å². The number of hydrogen-bond donors (Lipinski definition) is 2. The molecule has 3 aromatic carbocycles. The molecule has 5 nitrogen and oxygen atoms in total. The maximum Gasteiger partial charge on any atom is 0.335 e. The quantitative estimate of drug-likeness (QED) is 0.585. The number of carboxylic acids is 2. The molecule has 3 rings (SSSR count). The maximum absolute atomic E-state index is 11.0. The van der Waals surface area contributed by atoms with E-state index in [1.807, 2.05) is 42.5 Å². The van der Waals surface area contributed by atoms with Crippen LogP contribution in [0.15, 0.2) is 78.9 Å². The fourth-order valence-corrected chi connectivity index (χ4v) is 3.03. The minimum atomic E-state index is -0.939. The van der Waals surface area contributed by atoms with Crippen LogP contribution in [0.5, 0.6) is 0 Å². The highest BCUT2D eigenvalue weighted by atomic mass is 35.5. The number of nitrogens with zero attached hydrogens (tertiary/aromatic N) is 1. The molecule has 0 spiro atoms. The Morgan fingerprint density at radius 1 is 0.586 bits per heavy atom. The van der Waals surface area contributed by atoms with Gasteiger partial charge in [0, 0.05) is 19.6 Å². The van der Waals surface area contributed by atoms with E-state index in [0.717, 1.165) is 17.7 Å². The summed E-state index contributed by atoms with van der Waals surface area (Å²) in [6, 6.07) is 23.9.